The number of ether oxygens (including phenoxy) is 3. The smallest absolute Gasteiger partial charge is 1.00 e. The first-order chi connectivity index (χ1) is 41.4. The third-order valence-electron chi connectivity index (χ3n) is 16.3. The van der Waals surface area contributed by atoms with E-state index in [1.807, 2.05) is 47.6 Å². The third kappa shape index (κ3) is 27.1. The molecule has 6 fully saturated rings. The molecule has 0 bridgehead atoms. The first-order valence-electron chi connectivity index (χ1n) is 31.1. The normalized spacial score (nSPS) is 22.6. The molecule has 486 valence electrons. The number of rotatable bonds is 14. The molecule has 4 saturated heterocycles. The monoisotopic (exact) mass is 1350 g/mol. The number of hydrogen-bond donors (Lipinski definition) is 1. The third-order valence-corrected chi connectivity index (χ3v) is 18.5. The Morgan fingerprint density at radius 3 is 1.42 bits per heavy atom. The van der Waals surface area contributed by atoms with Crippen LogP contribution in [0.4, 0.5) is 11.4 Å². The molecule has 2 aliphatic carbocycles. The molecule has 2 saturated carbocycles. The van der Waals surface area contributed by atoms with Crippen molar-refractivity contribution >= 4 is 87.7 Å². The molecule has 0 aromatic carbocycles. The number of alkyl halides is 1. The summed E-state index contributed by atoms with van der Waals surface area (Å²) in [4.78, 5) is 105. The number of amides is 4. The quantitative estimate of drug-likeness (QED) is 0.0547. The molecule has 89 heavy (non-hydrogen) atoms. The van der Waals surface area contributed by atoms with Crippen LogP contribution in [0.5, 0.6) is 0 Å². The molecule has 0 spiro atoms. The number of nitrogens with zero attached hydrogens (tertiary/aromatic N) is 6. The van der Waals surface area contributed by atoms with Gasteiger partial charge in [-0.1, -0.05) is 37.5 Å². The maximum absolute atomic E-state index is 14.3. The number of carbonyl (C=O) groups excluding carboxylic acids is 6. The van der Waals surface area contributed by atoms with Crippen molar-refractivity contribution in [1.29, 1.82) is 0 Å². The summed E-state index contributed by atoms with van der Waals surface area (Å²) < 4.78 is 16.4. The zero-order valence-electron chi connectivity index (χ0n) is 56.2. The molecule has 2 atom stereocenters. The van der Waals surface area contributed by atoms with Crippen molar-refractivity contribution in [3.05, 3.63) is 31.6 Å². The Kier molecular flexibility index (Phi) is 37.7. The number of carboxylic acids is 1. The Hall–Kier alpha value is -1.83. The number of likely N-dealkylation sites (tertiary alicyclic amines) is 2. The van der Waals surface area contributed by atoms with Crippen molar-refractivity contribution in [1.82, 2.24) is 19.6 Å². The summed E-state index contributed by atoms with van der Waals surface area (Å²) in [6.07, 6.45) is 11.6. The van der Waals surface area contributed by atoms with Crippen LogP contribution in [-0.4, -0.2) is 184 Å². The van der Waals surface area contributed by atoms with Crippen LogP contribution < -0.4 is 118 Å². The summed E-state index contributed by atoms with van der Waals surface area (Å²) in [5.41, 5.74) is 0.337. The van der Waals surface area contributed by atoms with Gasteiger partial charge in [-0.15, -0.1) is 34.3 Å². The van der Waals surface area contributed by atoms with Gasteiger partial charge in [0.15, 0.2) is 0 Å². The van der Waals surface area contributed by atoms with Crippen molar-refractivity contribution in [3.8, 4) is 23.7 Å². The molecular formula is C65H97ClK2N6O13S2. The van der Waals surface area contributed by atoms with E-state index in [-0.39, 0.29) is 168 Å². The van der Waals surface area contributed by atoms with Gasteiger partial charge in [0.25, 0.3) is 6.47 Å². The van der Waals surface area contributed by atoms with Gasteiger partial charge in [-0.3, -0.25) is 43.6 Å². The minimum Gasteiger partial charge on any atom is -1.00 e. The zero-order chi connectivity index (χ0) is 63.8. The van der Waals surface area contributed by atoms with Gasteiger partial charge in [0.2, 0.25) is 23.6 Å². The SMILES string of the molecule is CC1CCC(C(=O)N(c2cc(C#CC(C)(C)C)sc2C(=O)O)[C@H]2CCCCN(C)C2=O)CC1.CC1CCC(C(=O)N(c2cc(C#CC(C)(C)C)sc2C(=O)OCCN2CCOCC2)[C@H]2CCCCN(C)C2=O)CC1.ClCCN1CCOCC1.O=CO[O-].[H-].[K+].[K+]. The summed E-state index contributed by atoms with van der Waals surface area (Å²) in [6.45, 7) is 26.4. The predicted octanol–water partition coefficient (Wildman–Crippen LogP) is 2.93. The molecule has 4 aliphatic heterocycles. The van der Waals surface area contributed by atoms with Crippen LogP contribution in [0, 0.1) is 58.2 Å². The largest absolute Gasteiger partial charge is 1.00 e. The number of halogens is 1. The van der Waals surface area contributed by atoms with Gasteiger partial charge in [0.1, 0.15) is 28.4 Å². The topological polar surface area (TPSA) is 219 Å². The van der Waals surface area contributed by atoms with Gasteiger partial charge < -0.3 is 40.7 Å². The Balaban J connectivity index is 0.000000503. The van der Waals surface area contributed by atoms with Crippen molar-refractivity contribution in [2.24, 2.45) is 34.5 Å². The molecule has 1 N–H and O–H groups in total. The van der Waals surface area contributed by atoms with Gasteiger partial charge in [0.05, 0.1) is 47.6 Å². The fourth-order valence-corrected chi connectivity index (χ4v) is 13.2. The Morgan fingerprint density at radius 1 is 0.663 bits per heavy atom. The van der Waals surface area contributed by atoms with Crippen molar-refractivity contribution in [2.45, 2.75) is 157 Å². The molecule has 0 radical (unpaired) electrons. The van der Waals surface area contributed by atoms with E-state index in [1.165, 1.54) is 16.2 Å². The first kappa shape index (κ1) is 81.4. The summed E-state index contributed by atoms with van der Waals surface area (Å²) in [6, 6.07) is 2.21. The molecule has 24 heteroatoms. The number of esters is 1. The Labute approximate surface area is 629 Å². The summed E-state index contributed by atoms with van der Waals surface area (Å²) in [5, 5.41) is 18.4. The van der Waals surface area contributed by atoms with Gasteiger partial charge in [-0.25, -0.2) is 9.59 Å². The summed E-state index contributed by atoms with van der Waals surface area (Å²) in [7, 11) is 3.57. The van der Waals surface area contributed by atoms with Gasteiger partial charge in [-0.2, -0.15) is 0 Å². The Morgan fingerprint density at radius 2 is 1.04 bits per heavy atom. The van der Waals surface area contributed by atoms with E-state index in [4.69, 9.17) is 35.9 Å². The number of thiophene rings is 2. The van der Waals surface area contributed by atoms with E-state index >= 15 is 0 Å². The van der Waals surface area contributed by atoms with Gasteiger partial charge >= 0.3 is 115 Å². The van der Waals surface area contributed by atoms with E-state index in [9.17, 15) is 33.9 Å². The predicted molar refractivity (Wildman–Crippen MR) is 340 cm³/mol. The molecule has 8 rings (SSSR count). The zero-order valence-corrected chi connectivity index (χ0v) is 63.9. The summed E-state index contributed by atoms with van der Waals surface area (Å²) in [5.74, 6) is 12.4. The number of anilines is 2. The van der Waals surface area contributed by atoms with Crippen LogP contribution in [0.3, 0.4) is 0 Å². The second kappa shape index (κ2) is 41.2. The minimum atomic E-state index is -1.09. The number of hydrogen-bond acceptors (Lipinski definition) is 16. The standard InChI is InChI=1S/C32H47N3O5S.C26H36N2O4S.C6H12ClNO.CH2O3.2K.H/c1-23-9-11-24(12-10-23)29(36)35(26-8-6-7-15-33(5)30(26)37)27-22-25(13-14-32(2,3)4)41-28(27)31(38)40-21-18-34-16-19-39-20-17-34;1-17-9-11-18(12-10-17)23(29)28(20-8-6-7-15-27(5)24(20)30)21-16-19(13-14-26(2,3)4)33-22(21)25(31)32;7-1-2-8-3-5-9-6-4-8;2-1-4-3;;;/h22-24,26H,6-12,15-21H2,1-5H3;16-18,20H,6-12,15H2,1-5H3,(H,31,32);1-6H2;1,3H;;;/q;;;;2*+1;-1/p-1/t23?,24?,26-;17?,18?,20-;;;;;/m00...../s1. The molecule has 6 heterocycles. The van der Waals surface area contributed by atoms with Crippen molar-refractivity contribution in [2.75, 3.05) is 115 Å². The van der Waals surface area contributed by atoms with Crippen LogP contribution in [-0.2, 0) is 43.1 Å². The maximum Gasteiger partial charge on any atom is 1.00 e. The molecule has 19 nitrogen and oxygen atoms in total. The molecule has 4 amide bonds. The van der Waals surface area contributed by atoms with E-state index in [0.717, 1.165) is 140 Å². The number of aromatic carboxylic acids is 1. The van der Waals surface area contributed by atoms with E-state index in [0.29, 0.717) is 83.5 Å². The average Bonchev–Trinajstić information content (AvgIpc) is 2.25. The van der Waals surface area contributed by atoms with Gasteiger partial charge in [0, 0.05) is 95.0 Å². The second-order valence-corrected chi connectivity index (χ2v) is 28.2. The molecule has 6 aliphatic rings. The van der Waals surface area contributed by atoms with Crippen LogP contribution in [0.1, 0.15) is 176 Å². The fourth-order valence-electron chi connectivity index (χ4n) is 11.3. The van der Waals surface area contributed by atoms with Crippen LogP contribution in [0.15, 0.2) is 12.1 Å². The number of carboxylic acid groups (broad SMARTS) is 1. The Bertz CT molecular complexity index is 2710. The van der Waals surface area contributed by atoms with Crippen LogP contribution >= 0.6 is 34.3 Å². The maximum atomic E-state index is 14.3. The second-order valence-electron chi connectivity index (χ2n) is 25.8. The molecule has 0 unspecified atom stereocenters. The van der Waals surface area contributed by atoms with Gasteiger partial charge in [-0.05, 0) is 155 Å². The van der Waals surface area contributed by atoms with Crippen LogP contribution in [0.2, 0.25) is 0 Å². The van der Waals surface area contributed by atoms with E-state index in [2.05, 4.69) is 52.2 Å². The number of carbonyl (C=O) groups is 7. The number of likely N-dealkylation sites (N-methyl/N-ethyl adjacent to an activating group) is 2. The van der Waals surface area contributed by atoms with E-state index < -0.39 is 24.0 Å². The molecule has 2 aromatic rings. The van der Waals surface area contributed by atoms with Crippen molar-refractivity contribution in [3.63, 3.8) is 0 Å². The number of morpholine rings is 2. The average molecular weight is 1350 g/mol. The minimum absolute atomic E-state index is 0. The summed E-state index contributed by atoms with van der Waals surface area (Å²) >= 11 is 7.89. The first-order valence-corrected chi connectivity index (χ1v) is 33.3. The van der Waals surface area contributed by atoms with Crippen molar-refractivity contribution < 1.29 is 167 Å². The molecule has 2 aromatic heterocycles. The molecular weight excluding hydrogens is 1250 g/mol. The van der Waals surface area contributed by atoms with E-state index in [1.54, 1.807) is 34.9 Å². The van der Waals surface area contributed by atoms with Crippen LogP contribution in [0.25, 0.3) is 0 Å². The fraction of sp³-hybridized carbons (Fsp3) is 0.708.